The highest BCUT2D eigenvalue weighted by molar-refractivity contribution is 5.82. The highest BCUT2D eigenvalue weighted by atomic mass is 16.5. The van der Waals surface area contributed by atoms with Crippen LogP contribution >= 0.6 is 0 Å². The first-order valence-corrected chi connectivity index (χ1v) is 7.46. The molecule has 0 saturated heterocycles. The quantitative estimate of drug-likeness (QED) is 0.844. The topological polar surface area (TPSA) is 73.6 Å². The Bertz CT molecular complexity index is 509. The monoisotopic (exact) mass is 308 g/mol. The fourth-order valence-electron chi connectivity index (χ4n) is 2.14. The minimum atomic E-state index is -0.527. The molecule has 1 amide bonds. The maximum absolute atomic E-state index is 12.1. The van der Waals surface area contributed by atoms with Gasteiger partial charge >= 0.3 is 0 Å². The Labute approximate surface area is 133 Å². The predicted molar refractivity (Wildman–Crippen MR) is 88.3 cm³/mol. The Morgan fingerprint density at radius 2 is 1.82 bits per heavy atom. The van der Waals surface area contributed by atoms with Crippen molar-refractivity contribution in [2.24, 2.45) is 11.1 Å². The molecule has 0 aliphatic heterocycles. The minimum Gasteiger partial charge on any atom is -0.493 e. The molecule has 0 aliphatic carbocycles. The summed E-state index contributed by atoms with van der Waals surface area (Å²) in [6.07, 6.45) is 0.697. The molecule has 22 heavy (non-hydrogen) atoms. The molecule has 1 aromatic rings. The third-order valence-corrected chi connectivity index (χ3v) is 3.59. The number of nitrogens with two attached hydrogens (primary N) is 1. The van der Waals surface area contributed by atoms with Gasteiger partial charge in [-0.3, -0.25) is 4.79 Å². The molecule has 1 unspecified atom stereocenters. The number of hydrogen-bond acceptors (Lipinski definition) is 4. The van der Waals surface area contributed by atoms with Crippen LogP contribution in [0.2, 0.25) is 0 Å². The third-order valence-electron chi connectivity index (χ3n) is 3.59. The van der Waals surface area contributed by atoms with E-state index in [1.54, 1.807) is 14.2 Å². The highest BCUT2D eigenvalue weighted by Crippen LogP contribution is 2.28. The van der Waals surface area contributed by atoms with Gasteiger partial charge in [-0.05, 0) is 36.5 Å². The van der Waals surface area contributed by atoms with E-state index in [1.165, 1.54) is 0 Å². The molecule has 2 atom stereocenters. The second-order valence-electron chi connectivity index (χ2n) is 6.65. The molecule has 0 fully saturated rings. The molecule has 124 valence electrons. The van der Waals surface area contributed by atoms with Crippen molar-refractivity contribution < 1.29 is 14.3 Å². The highest BCUT2D eigenvalue weighted by Gasteiger charge is 2.28. The normalized spacial score (nSPS) is 14.1. The predicted octanol–water partition coefficient (Wildman–Crippen LogP) is 2.12. The van der Waals surface area contributed by atoms with Crippen molar-refractivity contribution in [1.29, 1.82) is 0 Å². The van der Waals surface area contributed by atoms with Crippen LogP contribution in [0.15, 0.2) is 18.2 Å². The standard InChI is InChI=1S/C17H28N2O3/c1-11(19-16(20)15(18)17(2,3)4)9-12-7-8-13(21-5)14(10-12)22-6/h7-8,10-11,15H,9,18H2,1-6H3,(H,19,20)/t11?,15-/m1/s1. The molecule has 0 radical (unpaired) electrons. The Kier molecular flexibility index (Phi) is 6.23. The molecule has 5 nitrogen and oxygen atoms in total. The molecule has 1 rings (SSSR count). The van der Waals surface area contributed by atoms with Gasteiger partial charge in [0, 0.05) is 6.04 Å². The van der Waals surface area contributed by atoms with E-state index in [4.69, 9.17) is 15.2 Å². The second-order valence-corrected chi connectivity index (χ2v) is 6.65. The number of hydrogen-bond donors (Lipinski definition) is 2. The van der Waals surface area contributed by atoms with E-state index >= 15 is 0 Å². The van der Waals surface area contributed by atoms with Crippen molar-refractivity contribution in [3.05, 3.63) is 23.8 Å². The number of carbonyl (C=O) groups excluding carboxylic acids is 1. The van der Waals surface area contributed by atoms with Gasteiger partial charge in [0.25, 0.3) is 0 Å². The first-order valence-electron chi connectivity index (χ1n) is 7.46. The van der Waals surface area contributed by atoms with Crippen LogP contribution < -0.4 is 20.5 Å². The summed E-state index contributed by atoms with van der Waals surface area (Å²) in [5, 5.41) is 2.96. The lowest BCUT2D eigenvalue weighted by Gasteiger charge is -2.27. The van der Waals surface area contributed by atoms with Crippen molar-refractivity contribution in [1.82, 2.24) is 5.32 Å². The van der Waals surface area contributed by atoms with Crippen molar-refractivity contribution in [2.45, 2.75) is 46.2 Å². The summed E-state index contributed by atoms with van der Waals surface area (Å²) in [5.41, 5.74) is 6.78. The number of benzene rings is 1. The van der Waals surface area contributed by atoms with Gasteiger partial charge in [0.1, 0.15) is 0 Å². The molecule has 1 aromatic carbocycles. The molecule has 3 N–H and O–H groups in total. The Morgan fingerprint density at radius 3 is 2.32 bits per heavy atom. The van der Waals surface area contributed by atoms with E-state index < -0.39 is 6.04 Å². The summed E-state index contributed by atoms with van der Waals surface area (Å²) in [7, 11) is 3.21. The van der Waals surface area contributed by atoms with Crippen LogP contribution in [0.5, 0.6) is 11.5 Å². The van der Waals surface area contributed by atoms with Crippen LogP contribution in [0.4, 0.5) is 0 Å². The van der Waals surface area contributed by atoms with Crippen LogP contribution in [-0.2, 0) is 11.2 Å². The van der Waals surface area contributed by atoms with E-state index in [-0.39, 0.29) is 17.4 Å². The third kappa shape index (κ3) is 4.91. The minimum absolute atomic E-state index is 0.0148. The van der Waals surface area contributed by atoms with E-state index in [1.807, 2.05) is 45.9 Å². The fourth-order valence-corrected chi connectivity index (χ4v) is 2.14. The fraction of sp³-hybridized carbons (Fsp3) is 0.588. The van der Waals surface area contributed by atoms with E-state index in [9.17, 15) is 4.79 Å². The molecular weight excluding hydrogens is 280 g/mol. The van der Waals surface area contributed by atoms with Gasteiger partial charge in [0.05, 0.1) is 20.3 Å². The van der Waals surface area contributed by atoms with Gasteiger partial charge in [-0.1, -0.05) is 26.8 Å². The first-order chi connectivity index (χ1) is 10.2. The van der Waals surface area contributed by atoms with Crippen LogP contribution in [0.25, 0.3) is 0 Å². The summed E-state index contributed by atoms with van der Waals surface area (Å²) in [6, 6.07) is 5.21. The van der Waals surface area contributed by atoms with Gasteiger partial charge in [0.2, 0.25) is 5.91 Å². The number of amides is 1. The summed E-state index contributed by atoms with van der Waals surface area (Å²) >= 11 is 0. The van der Waals surface area contributed by atoms with Gasteiger partial charge in [-0.15, -0.1) is 0 Å². The summed E-state index contributed by atoms with van der Waals surface area (Å²) < 4.78 is 10.5. The zero-order valence-electron chi connectivity index (χ0n) is 14.4. The molecular formula is C17H28N2O3. The molecule has 0 aliphatic rings. The zero-order chi connectivity index (χ0) is 16.9. The number of nitrogens with one attached hydrogen (secondary N) is 1. The Hall–Kier alpha value is -1.75. The number of carbonyl (C=O) groups is 1. The number of methoxy groups -OCH3 is 2. The maximum Gasteiger partial charge on any atom is 0.237 e. The van der Waals surface area contributed by atoms with Gasteiger partial charge in [-0.2, -0.15) is 0 Å². The average molecular weight is 308 g/mol. The van der Waals surface area contributed by atoms with Crippen molar-refractivity contribution in [3.63, 3.8) is 0 Å². The van der Waals surface area contributed by atoms with Crippen LogP contribution in [0, 0.1) is 5.41 Å². The molecule has 0 spiro atoms. The molecule has 0 saturated carbocycles. The Morgan fingerprint density at radius 1 is 1.23 bits per heavy atom. The maximum atomic E-state index is 12.1. The average Bonchev–Trinajstić information content (AvgIpc) is 2.44. The Balaban J connectivity index is 2.69. The SMILES string of the molecule is COc1ccc(CC(C)NC(=O)[C@@H](N)C(C)(C)C)cc1OC. The van der Waals surface area contributed by atoms with E-state index in [2.05, 4.69) is 5.32 Å². The summed E-state index contributed by atoms with van der Waals surface area (Å²) in [5.74, 6) is 1.25. The van der Waals surface area contributed by atoms with Crippen LogP contribution in [-0.4, -0.2) is 32.2 Å². The van der Waals surface area contributed by atoms with Crippen LogP contribution in [0.1, 0.15) is 33.3 Å². The van der Waals surface area contributed by atoms with E-state index in [0.29, 0.717) is 17.9 Å². The molecule has 5 heteroatoms. The second kappa shape index (κ2) is 7.49. The first kappa shape index (κ1) is 18.3. The summed E-state index contributed by atoms with van der Waals surface area (Å²) in [6.45, 7) is 7.83. The van der Waals surface area contributed by atoms with Crippen molar-refractivity contribution >= 4 is 5.91 Å². The molecule has 0 heterocycles. The largest absolute Gasteiger partial charge is 0.493 e. The lowest BCUT2D eigenvalue weighted by atomic mass is 9.87. The van der Waals surface area contributed by atoms with Gasteiger partial charge in [-0.25, -0.2) is 0 Å². The van der Waals surface area contributed by atoms with E-state index in [0.717, 1.165) is 5.56 Å². The smallest absolute Gasteiger partial charge is 0.237 e. The summed E-state index contributed by atoms with van der Waals surface area (Å²) in [4.78, 5) is 12.1. The van der Waals surface area contributed by atoms with Gasteiger partial charge < -0.3 is 20.5 Å². The lowest BCUT2D eigenvalue weighted by Crippen LogP contribution is -2.51. The lowest BCUT2D eigenvalue weighted by molar-refractivity contribution is -0.125. The number of ether oxygens (including phenoxy) is 2. The van der Waals surface area contributed by atoms with Crippen LogP contribution in [0.3, 0.4) is 0 Å². The zero-order valence-corrected chi connectivity index (χ0v) is 14.4. The van der Waals surface area contributed by atoms with Crippen molar-refractivity contribution in [3.8, 4) is 11.5 Å². The molecule has 0 aromatic heterocycles. The molecule has 0 bridgehead atoms. The number of rotatable bonds is 6. The van der Waals surface area contributed by atoms with Gasteiger partial charge in [0.15, 0.2) is 11.5 Å². The van der Waals surface area contributed by atoms with Crippen molar-refractivity contribution in [2.75, 3.05) is 14.2 Å².